The maximum absolute atomic E-state index is 2.61. The van der Waals surface area contributed by atoms with Crippen LogP contribution < -0.4 is 0 Å². The lowest BCUT2D eigenvalue weighted by Gasteiger charge is -2.48. The van der Waals surface area contributed by atoms with Crippen molar-refractivity contribution in [2.75, 3.05) is 0 Å². The number of hydrogen-bond acceptors (Lipinski definition) is 0. The minimum Gasteiger partial charge on any atom is -0.0802 e. The zero-order valence-electron chi connectivity index (χ0n) is 14.1. The molecule has 1 aliphatic heterocycles. The average molecular weight is 280 g/mol. The maximum atomic E-state index is 2.61. The monoisotopic (exact) mass is 280 g/mol. The van der Waals surface area contributed by atoms with Gasteiger partial charge in [-0.3, -0.25) is 0 Å². The summed E-state index contributed by atoms with van der Waals surface area (Å²) in [5.74, 6) is 0. The van der Waals surface area contributed by atoms with Gasteiger partial charge in [0.1, 0.15) is 13.4 Å². The van der Waals surface area contributed by atoms with Crippen LogP contribution in [0.3, 0.4) is 0 Å². The van der Waals surface area contributed by atoms with Gasteiger partial charge in [-0.25, -0.2) is 0 Å². The highest BCUT2D eigenvalue weighted by molar-refractivity contribution is 7.00. The summed E-state index contributed by atoms with van der Waals surface area (Å²) in [4.78, 5) is 0. The van der Waals surface area contributed by atoms with Gasteiger partial charge < -0.3 is 0 Å². The van der Waals surface area contributed by atoms with E-state index in [4.69, 9.17) is 0 Å². The molecule has 0 radical (unpaired) electrons. The number of rotatable bonds is 4. The molecule has 104 valence electrons. The SMILES string of the molecule is CCB1CC([Si](C)(C)C)B(CC)C([Si](C)(C)C)C1. The molecule has 0 spiro atoms. The molecule has 2 unspecified atom stereocenters. The van der Waals surface area contributed by atoms with Crippen LogP contribution in [0, 0.1) is 0 Å². The summed E-state index contributed by atoms with van der Waals surface area (Å²) in [6, 6.07) is 0. The molecule has 0 saturated carbocycles. The van der Waals surface area contributed by atoms with Gasteiger partial charge in [-0.15, -0.1) is 0 Å². The van der Waals surface area contributed by atoms with Crippen LogP contribution in [-0.4, -0.2) is 29.6 Å². The normalized spacial score (nSPS) is 26.7. The van der Waals surface area contributed by atoms with E-state index in [-0.39, 0.29) is 0 Å². The summed E-state index contributed by atoms with van der Waals surface area (Å²) in [6.07, 6.45) is 5.94. The Morgan fingerprint density at radius 2 is 1.17 bits per heavy atom. The zero-order valence-corrected chi connectivity index (χ0v) is 16.1. The Labute approximate surface area is 119 Å². The topological polar surface area (TPSA) is 0 Å². The van der Waals surface area contributed by atoms with Gasteiger partial charge in [-0.1, -0.05) is 89.3 Å². The van der Waals surface area contributed by atoms with E-state index in [1.165, 1.54) is 12.6 Å². The third-order valence-electron chi connectivity index (χ3n) is 5.48. The first-order chi connectivity index (χ1) is 8.11. The Bertz CT molecular complexity index is 244. The molecule has 0 aromatic carbocycles. The highest BCUT2D eigenvalue weighted by Gasteiger charge is 2.48. The molecular formula is C14H34B2Si2. The second-order valence-electron chi connectivity index (χ2n) is 8.76. The molecule has 1 rings (SSSR count). The van der Waals surface area contributed by atoms with E-state index in [0.717, 1.165) is 24.3 Å². The highest BCUT2D eigenvalue weighted by atomic mass is 28.3. The van der Waals surface area contributed by atoms with Gasteiger partial charge in [0.05, 0.1) is 0 Å². The summed E-state index contributed by atoms with van der Waals surface area (Å²) in [7, 11) is -1.99. The summed E-state index contributed by atoms with van der Waals surface area (Å²) < 4.78 is 0. The van der Waals surface area contributed by atoms with Crippen LogP contribution >= 0.6 is 0 Å². The molecule has 0 bridgehead atoms. The predicted octanol–water partition coefficient (Wildman–Crippen LogP) is 5.52. The minimum atomic E-state index is -0.997. The summed E-state index contributed by atoms with van der Waals surface area (Å²) in [5, 5.41) is 0. The maximum Gasteiger partial charge on any atom is 0.139 e. The van der Waals surface area contributed by atoms with Gasteiger partial charge in [-0.05, 0) is 0 Å². The molecule has 18 heavy (non-hydrogen) atoms. The fourth-order valence-electron chi connectivity index (χ4n) is 4.34. The lowest BCUT2D eigenvalue weighted by atomic mass is 9.25. The van der Waals surface area contributed by atoms with Gasteiger partial charge in [-0.2, -0.15) is 0 Å². The van der Waals surface area contributed by atoms with E-state index < -0.39 is 16.1 Å². The average Bonchev–Trinajstić information content (AvgIpc) is 2.24. The fourth-order valence-corrected chi connectivity index (χ4v) is 10.1. The highest BCUT2D eigenvalue weighted by Crippen LogP contribution is 2.48. The predicted molar refractivity (Wildman–Crippen MR) is 96.3 cm³/mol. The minimum absolute atomic E-state index is 0.997. The van der Waals surface area contributed by atoms with Crippen molar-refractivity contribution in [1.82, 2.24) is 0 Å². The zero-order chi connectivity index (χ0) is 14.1. The van der Waals surface area contributed by atoms with E-state index >= 15 is 0 Å². The van der Waals surface area contributed by atoms with Crippen molar-refractivity contribution in [3.63, 3.8) is 0 Å². The van der Waals surface area contributed by atoms with E-state index in [1.807, 2.05) is 0 Å². The van der Waals surface area contributed by atoms with Crippen LogP contribution in [0.4, 0.5) is 0 Å². The van der Waals surface area contributed by atoms with Crippen LogP contribution in [0.15, 0.2) is 0 Å². The molecule has 0 amide bonds. The molecule has 0 aromatic heterocycles. The van der Waals surface area contributed by atoms with Crippen molar-refractivity contribution in [3.05, 3.63) is 0 Å². The third kappa shape index (κ3) is 3.78. The Morgan fingerprint density at radius 1 is 0.778 bits per heavy atom. The molecule has 0 N–H and O–H groups in total. The second kappa shape index (κ2) is 5.91. The Morgan fingerprint density at radius 3 is 1.39 bits per heavy atom. The Balaban J connectivity index is 3.03. The molecule has 1 heterocycles. The van der Waals surface area contributed by atoms with Gasteiger partial charge >= 0.3 is 0 Å². The molecule has 1 fully saturated rings. The van der Waals surface area contributed by atoms with Crippen molar-refractivity contribution in [1.29, 1.82) is 0 Å². The number of hydrogen-bond donors (Lipinski definition) is 0. The summed E-state index contributed by atoms with van der Waals surface area (Å²) in [5.41, 5.74) is 2.16. The van der Waals surface area contributed by atoms with E-state index in [9.17, 15) is 0 Å². The molecule has 4 heteroatoms. The summed E-state index contributed by atoms with van der Waals surface area (Å²) >= 11 is 0. The van der Waals surface area contributed by atoms with Crippen LogP contribution in [0.1, 0.15) is 13.8 Å². The van der Waals surface area contributed by atoms with E-state index in [0.29, 0.717) is 0 Å². The van der Waals surface area contributed by atoms with Crippen LogP contribution in [0.2, 0.25) is 75.4 Å². The van der Waals surface area contributed by atoms with Crippen LogP contribution in [0.25, 0.3) is 0 Å². The van der Waals surface area contributed by atoms with E-state index in [1.54, 1.807) is 12.6 Å². The lowest BCUT2D eigenvalue weighted by molar-refractivity contribution is 0.989. The van der Waals surface area contributed by atoms with Gasteiger partial charge in [0.25, 0.3) is 0 Å². The van der Waals surface area contributed by atoms with Crippen molar-refractivity contribution < 1.29 is 0 Å². The molecule has 1 saturated heterocycles. The second-order valence-corrected chi connectivity index (χ2v) is 19.7. The molecule has 0 aliphatic carbocycles. The Kier molecular flexibility index (Phi) is 5.45. The molecule has 0 aromatic rings. The molecule has 2 atom stereocenters. The smallest absolute Gasteiger partial charge is 0.0802 e. The third-order valence-corrected chi connectivity index (χ3v) is 11.3. The van der Waals surface area contributed by atoms with Gasteiger partial charge in [0, 0.05) is 16.1 Å². The quantitative estimate of drug-likeness (QED) is 0.594. The fraction of sp³-hybridized carbons (Fsp3) is 1.00. The largest absolute Gasteiger partial charge is 0.139 e. The van der Waals surface area contributed by atoms with Crippen molar-refractivity contribution in [2.45, 2.75) is 89.3 Å². The van der Waals surface area contributed by atoms with Crippen LogP contribution in [-0.2, 0) is 0 Å². The molecule has 1 aliphatic rings. The summed E-state index contributed by atoms with van der Waals surface area (Å²) in [6.45, 7) is 22.6. The molecular weight excluding hydrogens is 246 g/mol. The van der Waals surface area contributed by atoms with Crippen molar-refractivity contribution in [3.8, 4) is 0 Å². The first kappa shape index (κ1) is 16.6. The van der Waals surface area contributed by atoms with Crippen molar-refractivity contribution >= 4 is 29.6 Å². The standard InChI is InChI=1S/C14H34B2Si2/c1-9-15-11-13(17(3,4)5)16(10-2)14(12-15)18(6,7)8/h13-14H,9-12H2,1-8H3. The molecule has 0 nitrogen and oxygen atoms in total. The van der Waals surface area contributed by atoms with Gasteiger partial charge in [0.15, 0.2) is 0 Å². The van der Waals surface area contributed by atoms with Crippen LogP contribution in [0.5, 0.6) is 0 Å². The first-order valence-electron chi connectivity index (χ1n) is 8.11. The van der Waals surface area contributed by atoms with E-state index in [2.05, 4.69) is 53.1 Å². The lowest BCUT2D eigenvalue weighted by Crippen LogP contribution is -2.53. The van der Waals surface area contributed by atoms with Crippen molar-refractivity contribution in [2.24, 2.45) is 0 Å². The Hall–Kier alpha value is 0.564. The first-order valence-corrected chi connectivity index (χ1v) is 15.3. The van der Waals surface area contributed by atoms with Gasteiger partial charge in [0.2, 0.25) is 0 Å².